The van der Waals surface area contributed by atoms with Crippen LogP contribution in [0.15, 0.2) is 35.5 Å². The fraction of sp³-hybridized carbons (Fsp3) is 0.480. The lowest BCUT2D eigenvalue weighted by Crippen LogP contribution is -2.43. The summed E-state index contributed by atoms with van der Waals surface area (Å²) in [5.74, 6) is -0.264. The van der Waals surface area contributed by atoms with Crippen molar-refractivity contribution in [3.8, 4) is 0 Å². The monoisotopic (exact) mass is 483 g/mol. The highest BCUT2D eigenvalue weighted by molar-refractivity contribution is 6.01. The van der Waals surface area contributed by atoms with E-state index < -0.39 is 6.10 Å². The summed E-state index contributed by atoms with van der Waals surface area (Å²) in [7, 11) is 0. The van der Waals surface area contributed by atoms with Gasteiger partial charge in [-0.1, -0.05) is 17.3 Å². The van der Waals surface area contributed by atoms with Crippen LogP contribution in [-0.4, -0.2) is 50.9 Å². The van der Waals surface area contributed by atoms with Crippen LogP contribution in [0.3, 0.4) is 0 Å². The molecular formula is C25H30FN5O4. The van der Waals surface area contributed by atoms with Gasteiger partial charge >= 0.3 is 0 Å². The number of benzene rings is 1. The van der Waals surface area contributed by atoms with Gasteiger partial charge in [0.25, 0.3) is 5.91 Å². The van der Waals surface area contributed by atoms with Crippen molar-refractivity contribution >= 4 is 17.5 Å². The van der Waals surface area contributed by atoms with Crippen molar-refractivity contribution in [2.45, 2.75) is 70.7 Å². The van der Waals surface area contributed by atoms with E-state index >= 15 is 0 Å². The fourth-order valence-corrected chi connectivity index (χ4v) is 4.46. The number of oxime groups is 1. The molecule has 1 saturated carbocycles. The zero-order valence-corrected chi connectivity index (χ0v) is 19.8. The van der Waals surface area contributed by atoms with Gasteiger partial charge in [-0.05, 0) is 69.2 Å². The molecule has 1 unspecified atom stereocenters. The Bertz CT molecular complexity index is 1100. The molecule has 2 heterocycles. The van der Waals surface area contributed by atoms with Gasteiger partial charge in [0.05, 0.1) is 5.69 Å². The van der Waals surface area contributed by atoms with Crippen LogP contribution in [0.4, 0.5) is 4.39 Å². The van der Waals surface area contributed by atoms with E-state index in [4.69, 9.17) is 4.84 Å². The molecule has 1 aliphatic heterocycles. The third-order valence-corrected chi connectivity index (χ3v) is 6.45. The molecular weight excluding hydrogens is 453 g/mol. The van der Waals surface area contributed by atoms with Crippen molar-refractivity contribution in [1.29, 1.82) is 0 Å². The third kappa shape index (κ3) is 6.39. The predicted molar refractivity (Wildman–Crippen MR) is 126 cm³/mol. The Labute approximate surface area is 203 Å². The maximum Gasteiger partial charge on any atom is 0.270 e. The predicted octanol–water partition coefficient (Wildman–Crippen LogP) is 2.40. The van der Waals surface area contributed by atoms with E-state index in [2.05, 4.69) is 25.8 Å². The molecule has 3 N–H and O–H groups in total. The van der Waals surface area contributed by atoms with Crippen molar-refractivity contribution in [3.63, 3.8) is 0 Å². The first kappa shape index (κ1) is 24.7. The molecule has 2 aromatic rings. The molecule has 2 atom stereocenters. The molecule has 0 saturated heterocycles. The summed E-state index contributed by atoms with van der Waals surface area (Å²) >= 11 is 0. The lowest BCUT2D eigenvalue weighted by molar-refractivity contribution is -0.129. The Morgan fingerprint density at radius 2 is 1.89 bits per heavy atom. The molecule has 1 aliphatic carbocycles. The number of aromatic nitrogens is 2. The Balaban J connectivity index is 1.32. The van der Waals surface area contributed by atoms with Crippen molar-refractivity contribution in [2.75, 3.05) is 0 Å². The number of nitrogens with one attached hydrogen (secondary N) is 2. The fourth-order valence-electron chi connectivity index (χ4n) is 4.46. The molecule has 0 radical (unpaired) electrons. The summed E-state index contributed by atoms with van der Waals surface area (Å²) in [5.41, 5.74) is 2.25. The SMILES string of the molecule is Cc1nc(C(=O)NCc2ccc(F)cc2)cc(C2=NOC(C3CCC(NC(=O)[C@H](C)O)CC3)C2)n1. The van der Waals surface area contributed by atoms with Crippen LogP contribution in [0.2, 0.25) is 0 Å². The standard InChI is InChI=1S/C25H30FN5O4/c1-14(32)24(33)30-19-9-5-17(6-10-19)23-12-21(31-35-23)20-11-22(29-15(2)28-20)25(34)27-13-16-3-7-18(26)8-4-16/h3-4,7-8,11,14,17,19,23,32H,5-6,9-10,12-13H2,1-2H3,(H,27,34)(H,30,33)/t14-,17?,19?,23?/m0/s1. The summed E-state index contributed by atoms with van der Waals surface area (Å²) in [6, 6.07) is 7.61. The van der Waals surface area contributed by atoms with Crippen LogP contribution in [-0.2, 0) is 16.2 Å². The quantitative estimate of drug-likeness (QED) is 0.555. The van der Waals surface area contributed by atoms with Crippen LogP contribution in [0.25, 0.3) is 0 Å². The molecule has 1 fully saturated rings. The number of carbonyl (C=O) groups is 2. The number of rotatable bonds is 7. The summed E-state index contributed by atoms with van der Waals surface area (Å²) in [6.07, 6.45) is 2.92. The Morgan fingerprint density at radius 1 is 1.17 bits per heavy atom. The topological polar surface area (TPSA) is 126 Å². The van der Waals surface area contributed by atoms with E-state index in [-0.39, 0.29) is 42.0 Å². The number of aryl methyl sites for hydroxylation is 1. The van der Waals surface area contributed by atoms with Crippen molar-refractivity contribution < 1.29 is 23.9 Å². The van der Waals surface area contributed by atoms with Gasteiger partial charge in [-0.25, -0.2) is 14.4 Å². The van der Waals surface area contributed by atoms with E-state index in [1.165, 1.54) is 19.1 Å². The smallest absolute Gasteiger partial charge is 0.270 e. The van der Waals surface area contributed by atoms with Crippen molar-refractivity contribution in [3.05, 3.63) is 58.9 Å². The van der Waals surface area contributed by atoms with Crippen LogP contribution in [0.1, 0.15) is 66.6 Å². The summed E-state index contributed by atoms with van der Waals surface area (Å²) in [6.45, 7) is 3.43. The molecule has 2 aliphatic rings. The molecule has 1 aromatic heterocycles. The number of carbonyl (C=O) groups excluding carboxylic acids is 2. The summed E-state index contributed by atoms with van der Waals surface area (Å²) in [4.78, 5) is 38.8. The highest BCUT2D eigenvalue weighted by Crippen LogP contribution is 2.33. The van der Waals surface area contributed by atoms with Crippen LogP contribution >= 0.6 is 0 Å². The van der Waals surface area contributed by atoms with Gasteiger partial charge < -0.3 is 20.6 Å². The second kappa shape index (κ2) is 10.9. The molecule has 4 rings (SSSR count). The van der Waals surface area contributed by atoms with Gasteiger partial charge in [-0.15, -0.1) is 0 Å². The minimum absolute atomic E-state index is 0.0654. The molecule has 10 heteroatoms. The first-order valence-corrected chi connectivity index (χ1v) is 11.9. The van der Waals surface area contributed by atoms with Gasteiger partial charge in [-0.3, -0.25) is 9.59 Å². The molecule has 0 spiro atoms. The second-order valence-electron chi connectivity index (χ2n) is 9.18. The zero-order chi connectivity index (χ0) is 24.9. The first-order chi connectivity index (χ1) is 16.8. The highest BCUT2D eigenvalue weighted by Gasteiger charge is 2.34. The molecule has 0 bridgehead atoms. The van der Waals surface area contributed by atoms with Gasteiger partial charge in [-0.2, -0.15) is 0 Å². The number of aliphatic hydroxyl groups excluding tert-OH is 1. The minimum Gasteiger partial charge on any atom is -0.391 e. The van der Waals surface area contributed by atoms with Gasteiger partial charge in [0, 0.05) is 19.0 Å². The maximum absolute atomic E-state index is 13.1. The first-order valence-electron chi connectivity index (χ1n) is 11.9. The van der Waals surface area contributed by atoms with Crippen molar-refractivity contribution in [2.24, 2.45) is 11.1 Å². The number of amides is 2. The van der Waals surface area contributed by atoms with E-state index in [0.717, 1.165) is 31.2 Å². The van der Waals surface area contributed by atoms with Crippen LogP contribution < -0.4 is 10.6 Å². The largest absolute Gasteiger partial charge is 0.391 e. The summed E-state index contributed by atoms with van der Waals surface area (Å²) < 4.78 is 13.1. The average Bonchev–Trinajstić information content (AvgIpc) is 3.34. The van der Waals surface area contributed by atoms with Gasteiger partial charge in [0.1, 0.15) is 35.3 Å². The molecule has 9 nitrogen and oxygen atoms in total. The number of nitrogens with zero attached hydrogens (tertiary/aromatic N) is 3. The molecule has 2 amide bonds. The average molecular weight is 484 g/mol. The van der Waals surface area contributed by atoms with E-state index in [1.54, 1.807) is 25.1 Å². The summed E-state index contributed by atoms with van der Waals surface area (Å²) in [5, 5.41) is 19.3. The highest BCUT2D eigenvalue weighted by atomic mass is 19.1. The Kier molecular flexibility index (Phi) is 7.70. The number of halogens is 1. The van der Waals surface area contributed by atoms with Crippen LogP contribution in [0.5, 0.6) is 0 Å². The zero-order valence-electron chi connectivity index (χ0n) is 19.8. The van der Waals surface area contributed by atoms with Crippen molar-refractivity contribution in [1.82, 2.24) is 20.6 Å². The van der Waals surface area contributed by atoms with E-state index in [9.17, 15) is 19.1 Å². The molecule has 186 valence electrons. The van der Waals surface area contributed by atoms with Crippen LogP contribution in [0, 0.1) is 18.7 Å². The lowest BCUT2D eigenvalue weighted by atomic mass is 9.81. The minimum atomic E-state index is -1.01. The normalized spacial score (nSPS) is 22.6. The second-order valence-corrected chi connectivity index (χ2v) is 9.18. The maximum atomic E-state index is 13.1. The van der Waals surface area contributed by atoms with E-state index in [1.807, 2.05) is 0 Å². The lowest BCUT2D eigenvalue weighted by Gasteiger charge is -2.31. The van der Waals surface area contributed by atoms with Gasteiger partial charge in [0.2, 0.25) is 5.91 Å². The number of aliphatic hydroxyl groups is 1. The number of hydrogen-bond acceptors (Lipinski definition) is 7. The third-order valence-electron chi connectivity index (χ3n) is 6.45. The van der Waals surface area contributed by atoms with Gasteiger partial charge in [0.15, 0.2) is 0 Å². The number of hydrogen-bond donors (Lipinski definition) is 3. The molecule has 35 heavy (non-hydrogen) atoms. The van der Waals surface area contributed by atoms with E-state index in [0.29, 0.717) is 29.6 Å². The Hall–Kier alpha value is -3.40. The molecule has 1 aromatic carbocycles. The Morgan fingerprint density at radius 3 is 2.57 bits per heavy atom.